The van der Waals surface area contributed by atoms with Crippen LogP contribution < -0.4 is 4.74 Å². The van der Waals surface area contributed by atoms with Gasteiger partial charge >= 0.3 is 6.41 Å². The zero-order valence-corrected chi connectivity index (χ0v) is 22.2. The molecule has 5 nitrogen and oxygen atoms in total. The number of hydrogen-bond acceptors (Lipinski definition) is 4. The Morgan fingerprint density at radius 3 is 2.11 bits per heavy atom. The number of aliphatic imine (C=N–C) groups is 1. The number of ether oxygens (including phenoxy) is 1. The molecule has 0 N–H and O–H groups in total. The maximum Gasteiger partial charge on any atom is 0.318 e. The first-order chi connectivity index (χ1) is 17.2. The van der Waals surface area contributed by atoms with Crippen LogP contribution in [0.5, 0.6) is 5.75 Å². The van der Waals surface area contributed by atoms with Gasteiger partial charge in [-0.15, -0.1) is 0 Å². The number of amidine groups is 1. The molecule has 0 unspecified atom stereocenters. The van der Waals surface area contributed by atoms with Crippen molar-refractivity contribution in [1.29, 1.82) is 5.26 Å². The third kappa shape index (κ3) is 4.95. The fourth-order valence-corrected chi connectivity index (χ4v) is 4.94. The summed E-state index contributed by atoms with van der Waals surface area (Å²) in [4.78, 5) is 18.9. The van der Waals surface area contributed by atoms with Gasteiger partial charge in [-0.2, -0.15) is 5.26 Å². The maximum absolute atomic E-state index is 12.5. The first kappa shape index (κ1) is 26.0. The van der Waals surface area contributed by atoms with Crippen molar-refractivity contribution in [2.24, 2.45) is 4.99 Å². The Labute approximate surface area is 225 Å². The van der Waals surface area contributed by atoms with Crippen LogP contribution >= 0.6 is 34.8 Å². The average molecular weight is 540 g/mol. The molecule has 1 amide bonds. The van der Waals surface area contributed by atoms with Gasteiger partial charge in [0.25, 0.3) is 0 Å². The fraction of sp³-hybridized carbons (Fsp3) is 0.250. The van der Waals surface area contributed by atoms with E-state index in [1.807, 2.05) is 31.2 Å². The minimum atomic E-state index is -0.840. The molecule has 2 atom stereocenters. The van der Waals surface area contributed by atoms with Crippen molar-refractivity contribution < 1.29 is 9.53 Å². The lowest BCUT2D eigenvalue weighted by Crippen LogP contribution is -2.31. The van der Waals surface area contributed by atoms with Crippen LogP contribution in [-0.2, 0) is 10.2 Å². The Balaban J connectivity index is 1.92. The molecule has 0 spiro atoms. The van der Waals surface area contributed by atoms with Crippen molar-refractivity contribution in [3.05, 3.63) is 98.0 Å². The van der Waals surface area contributed by atoms with Gasteiger partial charge in [0.05, 0.1) is 29.7 Å². The maximum atomic E-state index is 12.5. The highest BCUT2D eigenvalue weighted by molar-refractivity contribution is 6.32. The summed E-state index contributed by atoms with van der Waals surface area (Å²) in [5, 5.41) is 11.2. The van der Waals surface area contributed by atoms with Crippen LogP contribution in [0.4, 0.5) is 0 Å². The second kappa shape index (κ2) is 10.5. The normalized spacial score (nSPS) is 17.5. The van der Waals surface area contributed by atoms with E-state index in [4.69, 9.17) is 44.5 Å². The quantitative estimate of drug-likeness (QED) is 0.313. The molecule has 4 rings (SSSR count). The van der Waals surface area contributed by atoms with Crippen molar-refractivity contribution in [3.8, 4) is 11.8 Å². The zero-order valence-electron chi connectivity index (χ0n) is 19.9. The molecular weight excluding hydrogens is 517 g/mol. The van der Waals surface area contributed by atoms with Gasteiger partial charge in [0.1, 0.15) is 17.6 Å². The number of hydrogen-bond donors (Lipinski definition) is 0. The lowest BCUT2D eigenvalue weighted by molar-refractivity contribution is 0.337. The van der Waals surface area contributed by atoms with E-state index in [1.165, 1.54) is 4.90 Å². The minimum Gasteiger partial charge on any atom is -0.493 e. The van der Waals surface area contributed by atoms with Gasteiger partial charge in [0.15, 0.2) is 0 Å². The predicted molar refractivity (Wildman–Crippen MR) is 144 cm³/mol. The molecule has 1 aliphatic rings. The molecule has 8 heteroatoms. The van der Waals surface area contributed by atoms with Crippen molar-refractivity contribution in [2.45, 2.75) is 38.3 Å². The minimum absolute atomic E-state index is 0.372. The van der Waals surface area contributed by atoms with Crippen LogP contribution in [0.3, 0.4) is 0 Å². The zero-order chi connectivity index (χ0) is 26.0. The summed E-state index contributed by atoms with van der Waals surface area (Å²) in [6.45, 7) is 5.81. The third-order valence-electron chi connectivity index (χ3n) is 6.15. The SMILES string of the molecule is CCOc1cc(C(C)(C)C#N)c(Cl)cc1C1=N[C@@H](c2ccc(Cl)cc2)[C@@H](c2ccc(Cl)cc2)N1[C]=O. The van der Waals surface area contributed by atoms with Crippen molar-refractivity contribution in [2.75, 3.05) is 6.61 Å². The molecule has 1 aliphatic heterocycles. The Hall–Kier alpha value is -3.04. The average Bonchev–Trinajstić information content (AvgIpc) is 3.25. The number of amides is 1. The molecule has 0 bridgehead atoms. The molecule has 0 aliphatic carbocycles. The summed E-state index contributed by atoms with van der Waals surface area (Å²) >= 11 is 18.9. The van der Waals surface area contributed by atoms with Gasteiger partial charge in [-0.25, -0.2) is 0 Å². The summed E-state index contributed by atoms with van der Waals surface area (Å²) < 4.78 is 5.95. The Bertz CT molecular complexity index is 1350. The van der Waals surface area contributed by atoms with E-state index in [9.17, 15) is 10.1 Å². The van der Waals surface area contributed by atoms with E-state index in [0.717, 1.165) is 11.1 Å². The molecule has 3 aromatic rings. The highest BCUT2D eigenvalue weighted by Gasteiger charge is 2.41. The van der Waals surface area contributed by atoms with Crippen LogP contribution in [0.25, 0.3) is 0 Å². The van der Waals surface area contributed by atoms with Crippen molar-refractivity contribution in [3.63, 3.8) is 0 Å². The van der Waals surface area contributed by atoms with Crippen molar-refractivity contribution >= 4 is 47.0 Å². The number of nitrogens with zero attached hydrogens (tertiary/aromatic N) is 3. The number of carbonyl (C=O) groups excluding carboxylic acids is 1. The Morgan fingerprint density at radius 2 is 1.58 bits per heavy atom. The number of nitriles is 1. The molecule has 3 aromatic carbocycles. The Morgan fingerprint density at radius 1 is 1.00 bits per heavy atom. The smallest absolute Gasteiger partial charge is 0.318 e. The van der Waals surface area contributed by atoms with Gasteiger partial charge in [0.2, 0.25) is 0 Å². The molecule has 0 fully saturated rings. The molecule has 36 heavy (non-hydrogen) atoms. The summed E-state index contributed by atoms with van der Waals surface area (Å²) in [5.41, 5.74) is 2.04. The molecule has 0 saturated carbocycles. The molecule has 1 heterocycles. The topological polar surface area (TPSA) is 65.7 Å². The van der Waals surface area contributed by atoms with Gasteiger partial charge in [0, 0.05) is 15.1 Å². The van der Waals surface area contributed by atoms with Crippen LogP contribution in [0.1, 0.15) is 55.1 Å². The molecule has 183 valence electrons. The van der Waals surface area contributed by atoms with E-state index in [0.29, 0.717) is 44.4 Å². The monoisotopic (exact) mass is 538 g/mol. The van der Waals surface area contributed by atoms with Gasteiger partial charge in [-0.1, -0.05) is 59.1 Å². The molecule has 1 radical (unpaired) electrons. The standard InChI is InChI=1S/C28H23Cl3N3O2/c1-4-36-24-14-22(28(2,3)15-32)23(31)13-21(24)27-33-25(17-5-9-19(29)10-6-17)26(34(27)16-35)18-7-11-20(30)12-8-18/h5-14,25-26H,4H2,1-3H3/t25-,26+/m0/s1. The first-order valence-electron chi connectivity index (χ1n) is 11.3. The summed E-state index contributed by atoms with van der Waals surface area (Å²) in [5.74, 6) is 0.849. The van der Waals surface area contributed by atoms with E-state index < -0.39 is 17.5 Å². The highest BCUT2D eigenvalue weighted by atomic mass is 35.5. The largest absolute Gasteiger partial charge is 0.493 e. The lowest BCUT2D eigenvalue weighted by atomic mass is 9.85. The number of benzene rings is 3. The van der Waals surface area contributed by atoms with E-state index in [1.54, 1.807) is 50.2 Å². The Kier molecular flexibility index (Phi) is 7.61. The molecule has 0 aromatic heterocycles. The fourth-order valence-electron chi connectivity index (χ4n) is 4.29. The lowest BCUT2D eigenvalue weighted by Gasteiger charge is -2.26. The van der Waals surface area contributed by atoms with Crippen LogP contribution in [0, 0.1) is 11.3 Å². The summed E-state index contributed by atoms with van der Waals surface area (Å²) in [6.07, 6.45) is 2.07. The van der Waals surface area contributed by atoms with Crippen LogP contribution in [0.15, 0.2) is 65.7 Å². The number of rotatable bonds is 7. The second-order valence-electron chi connectivity index (χ2n) is 8.90. The summed E-state index contributed by atoms with van der Waals surface area (Å²) in [6, 6.07) is 19.5. The van der Waals surface area contributed by atoms with E-state index in [2.05, 4.69) is 12.5 Å². The third-order valence-corrected chi connectivity index (χ3v) is 6.97. The van der Waals surface area contributed by atoms with Crippen LogP contribution in [-0.4, -0.2) is 23.8 Å². The predicted octanol–water partition coefficient (Wildman–Crippen LogP) is 7.46. The van der Waals surface area contributed by atoms with Gasteiger partial charge < -0.3 is 4.74 Å². The first-order valence-corrected chi connectivity index (χ1v) is 12.5. The highest BCUT2D eigenvalue weighted by Crippen LogP contribution is 2.45. The van der Waals surface area contributed by atoms with E-state index >= 15 is 0 Å². The van der Waals surface area contributed by atoms with Gasteiger partial charge in [-0.05, 0) is 73.9 Å². The second-order valence-corrected chi connectivity index (χ2v) is 10.2. The number of halogens is 3. The van der Waals surface area contributed by atoms with Crippen molar-refractivity contribution in [1.82, 2.24) is 4.90 Å². The van der Waals surface area contributed by atoms with E-state index in [-0.39, 0.29) is 0 Å². The summed E-state index contributed by atoms with van der Waals surface area (Å²) in [7, 11) is 0. The van der Waals surface area contributed by atoms with Gasteiger partial charge in [-0.3, -0.25) is 14.7 Å². The molecule has 0 saturated heterocycles. The molecular formula is C28H23Cl3N3O2. The van der Waals surface area contributed by atoms with Crippen LogP contribution in [0.2, 0.25) is 15.1 Å².